The molecule has 110 valence electrons. The number of esters is 1. The molecule has 6 nitrogen and oxygen atoms in total. The lowest BCUT2D eigenvalue weighted by atomic mass is 9.94. The molecule has 1 aromatic rings. The Morgan fingerprint density at radius 1 is 1.35 bits per heavy atom. The minimum Gasteiger partial charge on any atom is -0.464 e. The molecule has 1 aromatic heterocycles. The Kier molecular flexibility index (Phi) is 4.89. The lowest BCUT2D eigenvalue weighted by Crippen LogP contribution is -2.36. The van der Waals surface area contributed by atoms with Gasteiger partial charge in [-0.25, -0.2) is 9.78 Å². The van der Waals surface area contributed by atoms with E-state index >= 15 is 0 Å². The molecule has 1 saturated carbocycles. The van der Waals surface area contributed by atoms with Crippen molar-refractivity contribution in [1.82, 2.24) is 9.97 Å². The highest BCUT2D eigenvalue weighted by molar-refractivity contribution is 5.87. The number of hydrogen-bond donors (Lipinski definition) is 2. The quantitative estimate of drug-likeness (QED) is 0.645. The summed E-state index contributed by atoms with van der Waals surface area (Å²) in [6, 6.07) is 0. The van der Waals surface area contributed by atoms with Crippen molar-refractivity contribution >= 4 is 11.8 Å². The zero-order valence-corrected chi connectivity index (χ0v) is 11.8. The average Bonchev–Trinajstić information content (AvgIpc) is 2.70. The monoisotopic (exact) mass is 279 g/mol. The third kappa shape index (κ3) is 3.90. The van der Waals surface area contributed by atoms with Gasteiger partial charge in [-0.1, -0.05) is 25.7 Å². The standard InChI is InChI=1S/C14H21N3O3/c1-20-13(18)11-8-15-9-12(17-11)16-10-14(19)6-4-2-3-5-7-14/h8-9,19H,2-7,10H2,1H3,(H,16,17). The Balaban J connectivity index is 1.97. The van der Waals surface area contributed by atoms with Gasteiger partial charge < -0.3 is 15.2 Å². The zero-order chi connectivity index (χ0) is 14.4. The summed E-state index contributed by atoms with van der Waals surface area (Å²) in [6.45, 7) is 0.423. The molecule has 20 heavy (non-hydrogen) atoms. The molecule has 1 aliphatic carbocycles. The molecule has 1 fully saturated rings. The van der Waals surface area contributed by atoms with Gasteiger partial charge in [-0.3, -0.25) is 4.98 Å². The molecule has 0 spiro atoms. The van der Waals surface area contributed by atoms with Gasteiger partial charge in [-0.2, -0.15) is 0 Å². The number of rotatable bonds is 4. The number of hydrogen-bond acceptors (Lipinski definition) is 6. The molecule has 0 unspecified atom stereocenters. The van der Waals surface area contributed by atoms with Gasteiger partial charge in [0, 0.05) is 6.54 Å². The molecule has 1 heterocycles. The molecule has 0 bridgehead atoms. The first-order valence-electron chi connectivity index (χ1n) is 7.00. The number of aromatic nitrogens is 2. The minimum atomic E-state index is -0.695. The number of carbonyl (C=O) groups is 1. The number of anilines is 1. The molecule has 6 heteroatoms. The fourth-order valence-corrected chi connectivity index (χ4v) is 2.47. The van der Waals surface area contributed by atoms with E-state index < -0.39 is 11.6 Å². The minimum absolute atomic E-state index is 0.158. The van der Waals surface area contributed by atoms with Gasteiger partial charge in [-0.15, -0.1) is 0 Å². The lowest BCUT2D eigenvalue weighted by molar-refractivity contribution is 0.0380. The van der Waals surface area contributed by atoms with Crippen LogP contribution in [0.1, 0.15) is 49.0 Å². The maximum absolute atomic E-state index is 11.4. The number of nitrogens with zero attached hydrogens (tertiary/aromatic N) is 2. The van der Waals surface area contributed by atoms with Crippen LogP contribution in [0.15, 0.2) is 12.4 Å². The molecule has 0 saturated heterocycles. The van der Waals surface area contributed by atoms with E-state index in [1.807, 2.05) is 0 Å². The predicted octanol–water partition coefficient (Wildman–Crippen LogP) is 1.76. The van der Waals surface area contributed by atoms with E-state index in [0.29, 0.717) is 12.4 Å². The van der Waals surface area contributed by atoms with Gasteiger partial charge in [0.2, 0.25) is 0 Å². The zero-order valence-electron chi connectivity index (χ0n) is 11.8. The summed E-state index contributed by atoms with van der Waals surface area (Å²) < 4.78 is 4.60. The molecule has 0 aliphatic heterocycles. The predicted molar refractivity (Wildman–Crippen MR) is 74.5 cm³/mol. The van der Waals surface area contributed by atoms with Crippen LogP contribution in [0.5, 0.6) is 0 Å². The van der Waals surface area contributed by atoms with Crippen molar-refractivity contribution in [1.29, 1.82) is 0 Å². The number of ether oxygens (including phenoxy) is 1. The first kappa shape index (κ1) is 14.7. The lowest BCUT2D eigenvalue weighted by Gasteiger charge is -2.27. The van der Waals surface area contributed by atoms with Crippen LogP contribution in [0.4, 0.5) is 5.82 Å². The molecule has 0 aromatic carbocycles. The Morgan fingerprint density at radius 3 is 2.70 bits per heavy atom. The highest BCUT2D eigenvalue weighted by atomic mass is 16.5. The first-order chi connectivity index (χ1) is 9.63. The van der Waals surface area contributed by atoms with Crippen LogP contribution in [0, 0.1) is 0 Å². The van der Waals surface area contributed by atoms with Crippen molar-refractivity contribution in [3.8, 4) is 0 Å². The Morgan fingerprint density at radius 2 is 2.05 bits per heavy atom. The van der Waals surface area contributed by atoms with E-state index in [9.17, 15) is 9.90 Å². The number of methoxy groups -OCH3 is 1. The summed E-state index contributed by atoms with van der Waals surface area (Å²) in [7, 11) is 1.30. The summed E-state index contributed by atoms with van der Waals surface area (Å²) in [5.41, 5.74) is -0.537. The van der Waals surface area contributed by atoms with Crippen molar-refractivity contribution in [2.45, 2.75) is 44.1 Å². The van der Waals surface area contributed by atoms with Gasteiger partial charge in [0.25, 0.3) is 0 Å². The SMILES string of the molecule is COC(=O)c1cncc(NCC2(O)CCCCCC2)n1. The molecule has 0 amide bonds. The summed E-state index contributed by atoms with van der Waals surface area (Å²) in [5, 5.41) is 13.6. The van der Waals surface area contributed by atoms with E-state index in [4.69, 9.17) is 0 Å². The summed E-state index contributed by atoms with van der Waals surface area (Å²) in [4.78, 5) is 19.5. The van der Waals surface area contributed by atoms with Crippen molar-refractivity contribution < 1.29 is 14.6 Å². The molecular weight excluding hydrogens is 258 g/mol. The van der Waals surface area contributed by atoms with E-state index in [-0.39, 0.29) is 5.69 Å². The fourth-order valence-electron chi connectivity index (χ4n) is 2.47. The highest BCUT2D eigenvalue weighted by Gasteiger charge is 2.27. The van der Waals surface area contributed by atoms with Crippen molar-refractivity contribution in [3.05, 3.63) is 18.1 Å². The van der Waals surface area contributed by atoms with Crippen molar-refractivity contribution in [3.63, 3.8) is 0 Å². The largest absolute Gasteiger partial charge is 0.464 e. The molecule has 0 atom stereocenters. The summed E-state index contributed by atoms with van der Waals surface area (Å²) in [6.07, 6.45) is 8.94. The Bertz CT molecular complexity index is 457. The van der Waals surface area contributed by atoms with Crippen LogP contribution < -0.4 is 5.32 Å². The number of nitrogens with one attached hydrogen (secondary N) is 1. The van der Waals surface area contributed by atoms with Crippen LogP contribution in [-0.4, -0.2) is 40.3 Å². The second-order valence-electron chi connectivity index (χ2n) is 5.27. The van der Waals surface area contributed by atoms with Gasteiger partial charge in [0.05, 0.1) is 25.1 Å². The van der Waals surface area contributed by atoms with Crippen LogP contribution in [0.2, 0.25) is 0 Å². The fraction of sp³-hybridized carbons (Fsp3) is 0.643. The van der Waals surface area contributed by atoms with Gasteiger partial charge in [0.1, 0.15) is 5.82 Å². The molecular formula is C14H21N3O3. The first-order valence-corrected chi connectivity index (χ1v) is 7.00. The van der Waals surface area contributed by atoms with E-state index in [1.54, 1.807) is 0 Å². The number of aliphatic hydroxyl groups is 1. The summed E-state index contributed by atoms with van der Waals surface area (Å²) in [5.74, 6) is -0.0418. The van der Waals surface area contributed by atoms with Crippen molar-refractivity contribution in [2.75, 3.05) is 19.0 Å². The van der Waals surface area contributed by atoms with Gasteiger partial charge >= 0.3 is 5.97 Å². The van der Waals surface area contributed by atoms with Gasteiger partial charge in [-0.05, 0) is 12.8 Å². The van der Waals surface area contributed by atoms with E-state index in [0.717, 1.165) is 25.7 Å². The van der Waals surface area contributed by atoms with E-state index in [1.165, 1.54) is 32.3 Å². The van der Waals surface area contributed by atoms with Crippen molar-refractivity contribution in [2.24, 2.45) is 0 Å². The van der Waals surface area contributed by atoms with Crippen LogP contribution in [0.3, 0.4) is 0 Å². The molecule has 2 rings (SSSR count). The van der Waals surface area contributed by atoms with Crippen LogP contribution in [-0.2, 0) is 4.74 Å². The normalized spacial score (nSPS) is 18.1. The second-order valence-corrected chi connectivity index (χ2v) is 5.27. The maximum Gasteiger partial charge on any atom is 0.358 e. The topological polar surface area (TPSA) is 84.3 Å². The third-order valence-corrected chi connectivity index (χ3v) is 3.66. The Hall–Kier alpha value is -1.69. The second kappa shape index (κ2) is 6.65. The number of carbonyl (C=O) groups excluding carboxylic acids is 1. The van der Waals surface area contributed by atoms with Gasteiger partial charge in [0.15, 0.2) is 5.69 Å². The smallest absolute Gasteiger partial charge is 0.358 e. The van der Waals surface area contributed by atoms with E-state index in [2.05, 4.69) is 20.0 Å². The summed E-state index contributed by atoms with van der Waals surface area (Å²) >= 11 is 0. The Labute approximate surface area is 118 Å². The third-order valence-electron chi connectivity index (χ3n) is 3.66. The highest BCUT2D eigenvalue weighted by Crippen LogP contribution is 2.27. The average molecular weight is 279 g/mol. The van der Waals surface area contributed by atoms with Crippen LogP contribution in [0.25, 0.3) is 0 Å². The molecule has 1 aliphatic rings. The molecule has 0 radical (unpaired) electrons. The van der Waals surface area contributed by atoms with Crippen LogP contribution >= 0.6 is 0 Å². The maximum atomic E-state index is 11.4. The molecule has 2 N–H and O–H groups in total.